The quantitative estimate of drug-likeness (QED) is 0.212. The molecule has 0 bridgehead atoms. The Hall–Kier alpha value is -4.72. The monoisotopic (exact) mass is 521 g/mol. The normalized spacial score (nSPS) is 10.9. The average molecular weight is 522 g/mol. The predicted octanol–water partition coefficient (Wildman–Crippen LogP) is 5.56. The van der Waals surface area contributed by atoms with Gasteiger partial charge in [-0.15, -0.1) is 0 Å². The summed E-state index contributed by atoms with van der Waals surface area (Å²) in [7, 11) is 0. The van der Waals surface area contributed by atoms with Crippen molar-refractivity contribution in [1.29, 1.82) is 0 Å². The SMILES string of the molecule is CCOC(=O)CCc1cn(Cc2ccc(OCc3cn(-c4ccccn4)nc3C)cc2)nc1-c1ccccc1. The first-order valence-electron chi connectivity index (χ1n) is 13.0. The van der Waals surface area contributed by atoms with E-state index in [4.69, 9.17) is 14.6 Å². The van der Waals surface area contributed by atoms with Gasteiger partial charge in [0.25, 0.3) is 0 Å². The van der Waals surface area contributed by atoms with Crippen LogP contribution in [0.2, 0.25) is 0 Å². The first kappa shape index (κ1) is 25.9. The maximum absolute atomic E-state index is 12.0. The second kappa shape index (κ2) is 12.2. The van der Waals surface area contributed by atoms with Crippen molar-refractivity contribution in [3.8, 4) is 22.8 Å². The number of benzene rings is 2. The highest BCUT2D eigenvalue weighted by Crippen LogP contribution is 2.24. The molecule has 0 atom stereocenters. The van der Waals surface area contributed by atoms with Crippen molar-refractivity contribution in [2.24, 2.45) is 0 Å². The van der Waals surface area contributed by atoms with Crippen LogP contribution >= 0.6 is 0 Å². The Morgan fingerprint density at radius 1 is 0.897 bits per heavy atom. The second-order valence-electron chi connectivity index (χ2n) is 9.18. The molecule has 3 heterocycles. The van der Waals surface area contributed by atoms with Crippen molar-refractivity contribution < 1.29 is 14.3 Å². The molecule has 0 unspecified atom stereocenters. The average Bonchev–Trinajstić information content (AvgIpc) is 3.55. The number of nitrogens with zero attached hydrogens (tertiary/aromatic N) is 5. The van der Waals surface area contributed by atoms with Gasteiger partial charge in [-0.1, -0.05) is 48.5 Å². The summed E-state index contributed by atoms with van der Waals surface area (Å²) in [6.45, 7) is 5.20. The minimum Gasteiger partial charge on any atom is -0.489 e. The van der Waals surface area contributed by atoms with E-state index in [0.717, 1.165) is 45.2 Å². The van der Waals surface area contributed by atoms with Crippen molar-refractivity contribution in [3.63, 3.8) is 0 Å². The van der Waals surface area contributed by atoms with Crippen molar-refractivity contribution in [1.82, 2.24) is 24.5 Å². The molecule has 0 aliphatic rings. The number of ether oxygens (including phenoxy) is 2. The van der Waals surface area contributed by atoms with Crippen LogP contribution in [-0.4, -0.2) is 37.1 Å². The zero-order valence-electron chi connectivity index (χ0n) is 22.2. The molecule has 0 amide bonds. The summed E-state index contributed by atoms with van der Waals surface area (Å²) >= 11 is 0. The first-order chi connectivity index (χ1) is 19.1. The van der Waals surface area contributed by atoms with E-state index in [-0.39, 0.29) is 5.97 Å². The standard InChI is InChI=1S/C31H31N5O3/c1-3-38-30(37)17-14-26-20-35(34-31(26)25-9-5-4-6-10-25)19-24-12-15-28(16-13-24)39-22-27-21-36(33-23(27)2)29-11-7-8-18-32-29/h4-13,15-16,18,20-21H,3,14,17,19,22H2,1-2H3. The molecule has 2 aromatic carbocycles. The van der Waals surface area contributed by atoms with Crippen LogP contribution in [0.5, 0.6) is 5.75 Å². The lowest BCUT2D eigenvalue weighted by Gasteiger charge is -2.07. The lowest BCUT2D eigenvalue weighted by Crippen LogP contribution is -2.05. The molecule has 0 radical (unpaired) electrons. The Labute approximate surface area is 227 Å². The van der Waals surface area contributed by atoms with Crippen molar-refractivity contribution in [2.45, 2.75) is 39.8 Å². The summed E-state index contributed by atoms with van der Waals surface area (Å²) in [5.74, 6) is 1.36. The maximum Gasteiger partial charge on any atom is 0.306 e. The van der Waals surface area contributed by atoms with E-state index in [1.165, 1.54) is 0 Å². The number of aryl methyl sites for hydroxylation is 2. The van der Waals surface area contributed by atoms with Gasteiger partial charge < -0.3 is 9.47 Å². The minimum atomic E-state index is -0.195. The van der Waals surface area contributed by atoms with Crippen LogP contribution in [0.25, 0.3) is 17.1 Å². The fourth-order valence-electron chi connectivity index (χ4n) is 4.32. The second-order valence-corrected chi connectivity index (χ2v) is 9.18. The number of carbonyl (C=O) groups is 1. The lowest BCUT2D eigenvalue weighted by atomic mass is 10.0. The van der Waals surface area contributed by atoms with Crippen molar-refractivity contribution in [2.75, 3.05) is 6.61 Å². The molecule has 0 saturated carbocycles. The topological polar surface area (TPSA) is 84.1 Å². The van der Waals surface area contributed by atoms with Crippen LogP contribution in [-0.2, 0) is 29.1 Å². The summed E-state index contributed by atoms with van der Waals surface area (Å²) < 4.78 is 14.9. The number of hydrogen-bond donors (Lipinski definition) is 0. The highest BCUT2D eigenvalue weighted by atomic mass is 16.5. The van der Waals surface area contributed by atoms with Crippen molar-refractivity contribution >= 4 is 5.97 Å². The minimum absolute atomic E-state index is 0.195. The Bertz CT molecular complexity index is 1510. The van der Waals surface area contributed by atoms with Crippen LogP contribution in [0.3, 0.4) is 0 Å². The van der Waals surface area contributed by atoms with Gasteiger partial charge in [-0.2, -0.15) is 10.2 Å². The van der Waals surface area contributed by atoms with Gasteiger partial charge in [0.05, 0.1) is 24.5 Å². The maximum atomic E-state index is 12.0. The molecule has 0 aliphatic carbocycles. The molecular weight excluding hydrogens is 490 g/mol. The van der Waals surface area contributed by atoms with Gasteiger partial charge in [-0.05, 0) is 55.7 Å². The molecule has 8 nitrogen and oxygen atoms in total. The van der Waals surface area contributed by atoms with Crippen molar-refractivity contribution in [3.05, 3.63) is 114 Å². The Morgan fingerprint density at radius 2 is 1.69 bits per heavy atom. The smallest absolute Gasteiger partial charge is 0.306 e. The molecule has 39 heavy (non-hydrogen) atoms. The number of carbonyl (C=O) groups excluding carboxylic acids is 1. The van der Waals surface area contributed by atoms with Gasteiger partial charge in [0.2, 0.25) is 0 Å². The fraction of sp³-hybridized carbons (Fsp3) is 0.226. The fourth-order valence-corrected chi connectivity index (χ4v) is 4.32. The van der Waals surface area contributed by atoms with Gasteiger partial charge in [0, 0.05) is 36.1 Å². The van der Waals surface area contributed by atoms with Gasteiger partial charge in [0.15, 0.2) is 5.82 Å². The zero-order chi connectivity index (χ0) is 27.0. The van der Waals surface area contributed by atoms with Gasteiger partial charge in [-0.3, -0.25) is 9.48 Å². The third-order valence-electron chi connectivity index (χ3n) is 6.34. The predicted molar refractivity (Wildman–Crippen MR) is 149 cm³/mol. The number of aromatic nitrogens is 5. The Morgan fingerprint density at radius 3 is 2.44 bits per heavy atom. The largest absolute Gasteiger partial charge is 0.489 e. The van der Waals surface area contributed by atoms with E-state index >= 15 is 0 Å². The summed E-state index contributed by atoms with van der Waals surface area (Å²) in [4.78, 5) is 16.3. The van der Waals surface area contributed by atoms with Gasteiger partial charge in [0.1, 0.15) is 12.4 Å². The van der Waals surface area contributed by atoms with Gasteiger partial charge in [-0.25, -0.2) is 9.67 Å². The van der Waals surface area contributed by atoms with Crippen LogP contribution in [0.15, 0.2) is 91.4 Å². The van der Waals surface area contributed by atoms with E-state index in [9.17, 15) is 4.79 Å². The van der Waals surface area contributed by atoms with Crippen LogP contribution in [0.4, 0.5) is 0 Å². The van der Waals surface area contributed by atoms with Crippen LogP contribution in [0.1, 0.15) is 35.7 Å². The van der Waals surface area contributed by atoms with E-state index < -0.39 is 0 Å². The van der Waals surface area contributed by atoms with Gasteiger partial charge >= 0.3 is 5.97 Å². The van der Waals surface area contributed by atoms with Crippen LogP contribution < -0.4 is 4.74 Å². The van der Waals surface area contributed by atoms with E-state index in [1.807, 2.05) is 104 Å². The third-order valence-corrected chi connectivity index (χ3v) is 6.34. The molecule has 5 rings (SSSR count). The number of esters is 1. The van der Waals surface area contributed by atoms with E-state index in [0.29, 0.717) is 32.6 Å². The molecule has 0 spiro atoms. The highest BCUT2D eigenvalue weighted by molar-refractivity contribution is 5.70. The van der Waals surface area contributed by atoms with E-state index in [2.05, 4.69) is 10.1 Å². The van der Waals surface area contributed by atoms with Crippen LogP contribution in [0, 0.1) is 6.92 Å². The summed E-state index contributed by atoms with van der Waals surface area (Å²) in [5.41, 5.74) is 5.95. The number of rotatable bonds is 11. The zero-order valence-corrected chi connectivity index (χ0v) is 22.2. The summed E-state index contributed by atoms with van der Waals surface area (Å²) in [6.07, 6.45) is 6.62. The molecule has 5 aromatic rings. The number of hydrogen-bond acceptors (Lipinski definition) is 6. The molecule has 198 valence electrons. The lowest BCUT2D eigenvalue weighted by molar-refractivity contribution is -0.143. The Kier molecular flexibility index (Phi) is 8.12. The first-order valence-corrected chi connectivity index (χ1v) is 13.0. The molecule has 3 aromatic heterocycles. The number of pyridine rings is 1. The highest BCUT2D eigenvalue weighted by Gasteiger charge is 2.14. The Balaban J connectivity index is 1.24. The molecule has 0 aliphatic heterocycles. The molecule has 0 saturated heterocycles. The summed E-state index contributed by atoms with van der Waals surface area (Å²) in [5, 5.41) is 9.41. The molecular formula is C31H31N5O3. The third kappa shape index (κ3) is 6.59. The van der Waals surface area contributed by atoms with E-state index in [1.54, 1.807) is 10.9 Å². The molecule has 0 fully saturated rings. The molecule has 8 heteroatoms. The molecule has 0 N–H and O–H groups in total. The summed E-state index contributed by atoms with van der Waals surface area (Å²) in [6, 6.07) is 23.8.